The Morgan fingerprint density at radius 1 is 0.305 bits per heavy atom. The first-order valence-corrected chi connectivity index (χ1v) is 40.9. The maximum atomic E-state index is 13.0. The van der Waals surface area contributed by atoms with E-state index in [0.717, 1.165) is 96.3 Å². The van der Waals surface area contributed by atoms with E-state index in [2.05, 4.69) is 121 Å². The number of aromatic nitrogens is 15. The van der Waals surface area contributed by atoms with Gasteiger partial charge in [0.2, 0.25) is 41.2 Å². The molecule has 32 nitrogen and oxygen atoms in total. The van der Waals surface area contributed by atoms with E-state index in [1.807, 2.05) is 176 Å². The molecular weight excluding hydrogens is 1680 g/mol. The smallest absolute Gasteiger partial charge is 0.242 e. The summed E-state index contributed by atoms with van der Waals surface area (Å²) in [4.78, 5) is 21.1. The van der Waals surface area contributed by atoms with Crippen LogP contribution < -0.4 is 83.4 Å². The summed E-state index contributed by atoms with van der Waals surface area (Å²) >= 11 is 12.7. The number of nitrogens with one attached hydrogen (secondary N) is 10. The molecule has 0 saturated heterocycles. The van der Waals surface area contributed by atoms with Gasteiger partial charge in [-0.05, 0) is 144 Å². The van der Waals surface area contributed by atoms with Crippen molar-refractivity contribution < 1.29 is 61.2 Å². The van der Waals surface area contributed by atoms with E-state index in [1.165, 1.54) is 12.1 Å². The normalized spacial score (nSPS) is 10.5. The first-order chi connectivity index (χ1) is 62.2. The molecule has 16 aromatic rings. The standard InChI is InChI=1S/C20H18N4O.C19H21ClN4O4.C19H22N4O4.C19H22N4O2.C16H14ClFN4O/c1-14-22-20(24-23-14)21-13-16-8-3-5-11-18(16)25-19-12-6-9-15-7-2-4-10-17(15)19;1-11-22-19(24-23-11)21-10-13-14(20)6-5-7-15(13)28-12-8-16(25-2)18(27-4)17(9-12)26-3;1-12-21-19(23-22-12)20-11-13-7-5-6-8-15(13)27-14-9-16(24-2)18(26-4)17(10-14)25-3;1-4-24-18-11-13(2)9-10-17(18)25-16-8-6-5-7-15(16)12-20-19-21-14(3)22-23-19;1-10-20-16(22-21-10)19-9-13-14(17)3-2-4-15(13)23-12-7-5-11(18)6-8-12/h2-12H,13H2,1H3,(H2,21,22,23,24);5-9H,10H2,1-4H3,(H2,21,22,23,24);5-10H,11H2,1-4H3,(H2,20,21,22,23);5-11H,4,12H2,1-3H3,(H2,20,21,22,23);2-8H,9H2,1H3,(H2,19,20,21,22). The second kappa shape index (κ2) is 45.7. The number of halogens is 3. The molecule has 0 spiro atoms. The largest absolute Gasteiger partial charge is 0.493 e. The van der Waals surface area contributed by atoms with Crippen LogP contribution in [0.1, 0.15) is 69.4 Å². The van der Waals surface area contributed by atoms with Crippen molar-refractivity contribution in [3.63, 3.8) is 0 Å². The second-order valence-electron chi connectivity index (χ2n) is 27.8. The van der Waals surface area contributed by atoms with Crippen molar-refractivity contribution in [2.24, 2.45) is 0 Å². The molecule has 0 radical (unpaired) electrons. The topological polar surface area (TPSA) is 379 Å². The van der Waals surface area contributed by atoms with E-state index in [-0.39, 0.29) is 5.82 Å². The average molecular weight is 1780 g/mol. The number of anilines is 5. The maximum Gasteiger partial charge on any atom is 0.242 e. The quantitative estimate of drug-likeness (QED) is 0.0183. The molecule has 0 saturated carbocycles. The van der Waals surface area contributed by atoms with Crippen LogP contribution in [0.25, 0.3) is 10.8 Å². The Morgan fingerprint density at radius 2 is 0.641 bits per heavy atom. The SMILES string of the molecule is CCOc1cc(C)ccc1Oc1ccccc1CNc1n[nH]c(C)n1.COc1cc(Oc2cccc(Cl)c2CNc2n[nH]c(C)n2)cc(OC)c1OC.COc1cc(Oc2ccccc2CNc2n[nH]c(C)n2)cc(OC)c1OC.Cc1nc(NCc2c(Cl)cccc2Oc2ccc(F)cc2)n[nH]1.Cc1nc(NCc2ccccc2Oc2cccc3ccccc23)n[nH]1. The predicted octanol–water partition coefficient (Wildman–Crippen LogP) is 20.9. The van der Waals surface area contributed by atoms with Crippen molar-refractivity contribution in [3.05, 3.63) is 297 Å². The molecule has 128 heavy (non-hydrogen) atoms. The van der Waals surface area contributed by atoms with Gasteiger partial charge in [0.15, 0.2) is 34.5 Å². The van der Waals surface area contributed by atoms with Crippen molar-refractivity contribution >= 4 is 63.7 Å². The lowest BCUT2D eigenvalue weighted by Gasteiger charge is -2.16. The summed E-state index contributed by atoms with van der Waals surface area (Å²) in [6, 6.07) is 67.4. The van der Waals surface area contributed by atoms with Crippen molar-refractivity contribution in [2.45, 2.75) is 81.2 Å². The molecule has 35 heteroatoms. The van der Waals surface area contributed by atoms with Crippen LogP contribution in [0.2, 0.25) is 10.0 Å². The summed E-state index contributed by atoms with van der Waals surface area (Å²) in [5.41, 5.74) is 5.66. The molecule has 0 aliphatic carbocycles. The summed E-state index contributed by atoms with van der Waals surface area (Å²) in [6.07, 6.45) is 0. The Labute approximate surface area is 748 Å². The first kappa shape index (κ1) is 91.7. The van der Waals surface area contributed by atoms with Crippen LogP contribution in [0.5, 0.6) is 97.7 Å². The molecule has 0 unspecified atom stereocenters. The van der Waals surface area contributed by atoms with Gasteiger partial charge in [0.05, 0.1) is 49.3 Å². The zero-order chi connectivity index (χ0) is 90.3. The van der Waals surface area contributed by atoms with Crippen LogP contribution in [-0.2, 0) is 32.7 Å². The summed E-state index contributed by atoms with van der Waals surface area (Å²) in [5, 5.41) is 53.5. The lowest BCUT2D eigenvalue weighted by molar-refractivity contribution is 0.320. The van der Waals surface area contributed by atoms with Gasteiger partial charge in [-0.1, -0.05) is 132 Å². The summed E-state index contributed by atoms with van der Waals surface area (Å²) in [6.45, 7) is 16.2. The van der Waals surface area contributed by atoms with E-state index in [4.69, 9.17) is 80.0 Å². The lowest BCUT2D eigenvalue weighted by Crippen LogP contribution is -2.04. The van der Waals surface area contributed by atoms with Gasteiger partial charge < -0.3 is 83.4 Å². The number of benzene rings is 11. The predicted molar refractivity (Wildman–Crippen MR) is 490 cm³/mol. The van der Waals surface area contributed by atoms with Gasteiger partial charge in [-0.3, -0.25) is 25.5 Å². The number of methoxy groups -OCH3 is 6. The molecule has 0 atom stereocenters. The number of para-hydroxylation sites is 3. The molecule has 662 valence electrons. The molecule has 0 bridgehead atoms. The molecule has 5 aromatic heterocycles. The Morgan fingerprint density at radius 3 is 1.03 bits per heavy atom. The maximum absolute atomic E-state index is 13.0. The highest BCUT2D eigenvalue weighted by Gasteiger charge is 2.21. The van der Waals surface area contributed by atoms with E-state index in [0.29, 0.717) is 154 Å². The molecule has 10 N–H and O–H groups in total. The zero-order valence-electron chi connectivity index (χ0n) is 72.5. The fourth-order valence-electron chi connectivity index (χ4n) is 12.4. The minimum atomic E-state index is -0.315. The number of aromatic amines is 5. The minimum Gasteiger partial charge on any atom is -0.493 e. The van der Waals surface area contributed by atoms with Crippen LogP contribution in [0.4, 0.5) is 34.1 Å². The van der Waals surface area contributed by atoms with E-state index in [9.17, 15) is 4.39 Å². The summed E-state index contributed by atoms with van der Waals surface area (Å²) in [5.74, 6) is 16.5. The number of aryl methyl sites for hydroxylation is 6. The number of hydrogen-bond acceptors (Lipinski definition) is 27. The minimum absolute atomic E-state index is 0.315. The summed E-state index contributed by atoms with van der Waals surface area (Å²) in [7, 11) is 9.35. The van der Waals surface area contributed by atoms with E-state index in [1.54, 1.807) is 103 Å². The highest BCUT2D eigenvalue weighted by atomic mass is 35.5. The van der Waals surface area contributed by atoms with Crippen LogP contribution in [0.15, 0.2) is 218 Å². The number of ether oxygens (including phenoxy) is 12. The number of nitrogens with zero attached hydrogens (tertiary/aromatic N) is 10. The third-order valence-electron chi connectivity index (χ3n) is 18.6. The molecule has 0 aliphatic heterocycles. The monoisotopic (exact) mass is 1770 g/mol. The van der Waals surface area contributed by atoms with Crippen molar-refractivity contribution in [2.75, 3.05) is 75.8 Å². The second-order valence-corrected chi connectivity index (χ2v) is 28.6. The molecule has 0 amide bonds. The van der Waals surface area contributed by atoms with Gasteiger partial charge in [-0.15, -0.1) is 25.5 Å². The third kappa shape index (κ3) is 25.8. The molecule has 11 aromatic carbocycles. The van der Waals surface area contributed by atoms with Crippen LogP contribution in [0, 0.1) is 47.4 Å². The highest BCUT2D eigenvalue weighted by molar-refractivity contribution is 6.32. The van der Waals surface area contributed by atoms with Crippen molar-refractivity contribution in [1.29, 1.82) is 0 Å². The highest BCUT2D eigenvalue weighted by Crippen LogP contribution is 2.45. The number of H-pyrrole nitrogens is 5. The van der Waals surface area contributed by atoms with Gasteiger partial charge in [0.1, 0.15) is 86.7 Å². The Hall–Kier alpha value is -15.5. The number of hydrogen-bond donors (Lipinski definition) is 10. The van der Waals surface area contributed by atoms with Crippen LogP contribution >= 0.6 is 23.2 Å². The molecular formula is C93H97Cl2FN20O12. The van der Waals surface area contributed by atoms with Gasteiger partial charge in [0.25, 0.3) is 0 Å². The molecule has 0 aliphatic rings. The molecule has 16 rings (SSSR count). The Balaban J connectivity index is 0.000000145. The fraction of sp³-hybridized carbons (Fsp3) is 0.204. The van der Waals surface area contributed by atoms with Crippen molar-refractivity contribution in [1.82, 2.24) is 75.9 Å². The van der Waals surface area contributed by atoms with Gasteiger partial charge in [-0.25, -0.2) is 4.39 Å². The van der Waals surface area contributed by atoms with Gasteiger partial charge in [0, 0.05) is 100 Å². The van der Waals surface area contributed by atoms with Crippen LogP contribution in [0.3, 0.4) is 0 Å². The lowest BCUT2D eigenvalue weighted by atomic mass is 10.1. The van der Waals surface area contributed by atoms with Gasteiger partial charge >= 0.3 is 0 Å². The third-order valence-corrected chi connectivity index (χ3v) is 19.3. The number of rotatable bonds is 33. The summed E-state index contributed by atoms with van der Waals surface area (Å²) < 4.78 is 81.2. The molecule has 5 heterocycles. The Bertz CT molecular complexity index is 6220. The van der Waals surface area contributed by atoms with E-state index < -0.39 is 0 Å². The fourth-order valence-corrected chi connectivity index (χ4v) is 12.9. The van der Waals surface area contributed by atoms with Gasteiger partial charge in [-0.2, -0.15) is 24.9 Å². The Kier molecular flexibility index (Phi) is 32.8. The van der Waals surface area contributed by atoms with E-state index >= 15 is 0 Å². The van der Waals surface area contributed by atoms with Crippen LogP contribution in [-0.4, -0.2) is 125 Å². The zero-order valence-corrected chi connectivity index (χ0v) is 74.0. The molecule has 0 fully saturated rings. The first-order valence-electron chi connectivity index (χ1n) is 40.2. The number of fused-ring (bicyclic) bond motifs is 1. The average Bonchev–Trinajstić information content (AvgIpc) is 1.08. The van der Waals surface area contributed by atoms with Crippen molar-refractivity contribution in [3.8, 4) is 97.7 Å².